The van der Waals surface area contributed by atoms with Gasteiger partial charge < -0.3 is 24.8 Å². The number of carbonyl (C=O) groups excluding carboxylic acids is 1. The molecule has 7 nitrogen and oxygen atoms in total. The molecule has 2 aliphatic rings. The number of thioether (sulfide) groups is 1. The van der Waals surface area contributed by atoms with Crippen LogP contribution in [-0.2, 0) is 9.59 Å². The normalized spacial score (nSPS) is 23.1. The van der Waals surface area contributed by atoms with Gasteiger partial charge in [-0.25, -0.2) is 4.79 Å². The number of amides is 1. The van der Waals surface area contributed by atoms with Crippen LogP contribution in [0.5, 0.6) is 11.5 Å². The van der Waals surface area contributed by atoms with Gasteiger partial charge in [-0.15, -0.1) is 0 Å². The van der Waals surface area contributed by atoms with Crippen molar-refractivity contribution in [2.24, 2.45) is 5.92 Å². The maximum absolute atomic E-state index is 13.8. The molecule has 9 heteroatoms. The Kier molecular flexibility index (Phi) is 9.05. The third-order valence-corrected chi connectivity index (χ3v) is 8.31. The minimum absolute atomic E-state index is 0.0337. The van der Waals surface area contributed by atoms with E-state index in [1.54, 1.807) is 6.07 Å². The molecule has 2 aromatic rings. The molecule has 1 unspecified atom stereocenters. The van der Waals surface area contributed by atoms with E-state index < -0.39 is 12.6 Å². The molecule has 0 aromatic heterocycles. The molecule has 1 saturated heterocycles. The number of benzene rings is 2. The summed E-state index contributed by atoms with van der Waals surface area (Å²) in [7, 11) is 0. The first-order valence-electron chi connectivity index (χ1n) is 12.2. The quantitative estimate of drug-likeness (QED) is 0.260. The highest BCUT2D eigenvalue weighted by Gasteiger charge is 2.42. The largest absolute Gasteiger partial charge is 0.490 e. The van der Waals surface area contributed by atoms with Crippen molar-refractivity contribution in [3.63, 3.8) is 0 Å². The number of carbonyl (C=O) groups is 2. The molecule has 192 valence electrons. The summed E-state index contributed by atoms with van der Waals surface area (Å²) in [5.74, 6) is 0.282. The second-order valence-corrected chi connectivity index (χ2v) is 11.3. The average Bonchev–Trinajstić information content (AvgIpc) is 3.13. The first-order valence-corrected chi connectivity index (χ1v) is 14.2. The number of aliphatic carboxylic acids is 1. The number of ether oxygens (including phenoxy) is 2. The first-order chi connectivity index (χ1) is 17.4. The summed E-state index contributed by atoms with van der Waals surface area (Å²) < 4.78 is 11.9. The van der Waals surface area contributed by atoms with Crippen molar-refractivity contribution >= 4 is 58.0 Å². The van der Waals surface area contributed by atoms with Crippen LogP contribution in [0.15, 0.2) is 47.4 Å². The number of para-hydroxylation sites is 1. The Balaban J connectivity index is 1.66. The van der Waals surface area contributed by atoms with Crippen LogP contribution in [0.4, 0.5) is 5.69 Å². The van der Waals surface area contributed by atoms with Crippen molar-refractivity contribution < 1.29 is 24.2 Å². The van der Waals surface area contributed by atoms with Crippen molar-refractivity contribution in [1.82, 2.24) is 4.90 Å². The third-order valence-electron chi connectivity index (χ3n) is 6.39. The molecule has 36 heavy (non-hydrogen) atoms. The summed E-state index contributed by atoms with van der Waals surface area (Å²) in [5.41, 5.74) is 1.59. The van der Waals surface area contributed by atoms with Crippen LogP contribution in [-0.4, -0.2) is 46.6 Å². The van der Waals surface area contributed by atoms with E-state index in [1.165, 1.54) is 18.2 Å². The standard InChI is InChI=1S/C27H31IN2O5S/c1-3-34-22-14-18(13-20(28)25(22)35-16-24(31)32)15-23-26(33)30(21-12-8-7-9-17(21)2)27(36-23)29-19-10-5-4-6-11-19/h4-6,10-11,13-15,17,21,27,29H,3,7-9,12,16H2,1-2H3,(H,31,32)/b23-15-/t17-,21+,27?/m1/s1. The fraction of sp³-hybridized carbons (Fsp3) is 0.407. The van der Waals surface area contributed by atoms with Crippen LogP contribution < -0.4 is 14.8 Å². The first kappa shape index (κ1) is 26.7. The number of carboxylic acids is 1. The van der Waals surface area contributed by atoms with Gasteiger partial charge in [-0.1, -0.05) is 49.7 Å². The number of nitrogens with zero attached hydrogens (tertiary/aromatic N) is 1. The Morgan fingerprint density at radius 3 is 2.67 bits per heavy atom. The van der Waals surface area contributed by atoms with Gasteiger partial charge in [-0.3, -0.25) is 4.79 Å². The molecule has 3 atom stereocenters. The second kappa shape index (κ2) is 12.2. The lowest BCUT2D eigenvalue weighted by molar-refractivity contribution is -0.139. The second-order valence-electron chi connectivity index (χ2n) is 8.98. The van der Waals surface area contributed by atoms with E-state index in [0.717, 1.165) is 34.1 Å². The molecule has 1 aliphatic heterocycles. The number of rotatable bonds is 9. The van der Waals surface area contributed by atoms with Crippen molar-refractivity contribution in [2.75, 3.05) is 18.5 Å². The molecular weight excluding hydrogens is 591 g/mol. The molecule has 1 aliphatic carbocycles. The fourth-order valence-electron chi connectivity index (χ4n) is 4.73. The number of anilines is 1. The highest BCUT2D eigenvalue weighted by atomic mass is 127. The van der Waals surface area contributed by atoms with Crippen LogP contribution >= 0.6 is 34.4 Å². The molecule has 0 radical (unpaired) electrons. The zero-order valence-corrected chi connectivity index (χ0v) is 23.4. The SMILES string of the molecule is CCOc1cc(/C=C2\SC(Nc3ccccc3)N([C@H]3CCCC[C@H]3C)C2=O)cc(I)c1OCC(=O)O. The molecule has 0 spiro atoms. The van der Waals surface area contributed by atoms with Gasteiger partial charge in [0.05, 0.1) is 15.1 Å². The third kappa shape index (κ3) is 6.29. The van der Waals surface area contributed by atoms with Crippen LogP contribution in [0.2, 0.25) is 0 Å². The molecule has 2 fully saturated rings. The molecule has 0 bridgehead atoms. The topological polar surface area (TPSA) is 88.1 Å². The van der Waals surface area contributed by atoms with Gasteiger partial charge in [0, 0.05) is 11.7 Å². The zero-order valence-electron chi connectivity index (χ0n) is 20.4. The summed E-state index contributed by atoms with van der Waals surface area (Å²) in [6.07, 6.45) is 6.38. The molecule has 1 heterocycles. The Morgan fingerprint density at radius 2 is 1.97 bits per heavy atom. The highest BCUT2D eigenvalue weighted by Crippen LogP contribution is 2.43. The molecule has 4 rings (SSSR count). The summed E-state index contributed by atoms with van der Waals surface area (Å²) in [4.78, 5) is 27.5. The predicted molar refractivity (Wildman–Crippen MR) is 151 cm³/mol. The van der Waals surface area contributed by atoms with Gasteiger partial charge in [-0.05, 0) is 84.2 Å². The van der Waals surface area contributed by atoms with Crippen LogP contribution in [0.1, 0.15) is 45.1 Å². The zero-order chi connectivity index (χ0) is 25.7. The number of hydrogen-bond donors (Lipinski definition) is 2. The van der Waals surface area contributed by atoms with Gasteiger partial charge in [0.25, 0.3) is 5.91 Å². The molecule has 2 N–H and O–H groups in total. The smallest absolute Gasteiger partial charge is 0.341 e. The van der Waals surface area contributed by atoms with E-state index in [-0.39, 0.29) is 17.4 Å². The molecule has 2 aromatic carbocycles. The van der Waals surface area contributed by atoms with Gasteiger partial charge in [-0.2, -0.15) is 0 Å². The predicted octanol–water partition coefficient (Wildman–Crippen LogP) is 6.04. The monoisotopic (exact) mass is 622 g/mol. The highest BCUT2D eigenvalue weighted by molar-refractivity contribution is 14.1. The van der Waals surface area contributed by atoms with E-state index in [1.807, 2.05) is 54.3 Å². The summed E-state index contributed by atoms with van der Waals surface area (Å²) >= 11 is 3.64. The summed E-state index contributed by atoms with van der Waals surface area (Å²) in [6.45, 7) is 4.06. The Labute approximate surface area is 229 Å². The Morgan fingerprint density at radius 1 is 1.22 bits per heavy atom. The maximum Gasteiger partial charge on any atom is 0.341 e. The lowest BCUT2D eigenvalue weighted by Gasteiger charge is -2.39. The Hall–Kier alpha value is -2.40. The van der Waals surface area contributed by atoms with Gasteiger partial charge in [0.1, 0.15) is 0 Å². The van der Waals surface area contributed by atoms with Gasteiger partial charge in [0.2, 0.25) is 0 Å². The minimum atomic E-state index is -1.05. The van der Waals surface area contributed by atoms with Crippen LogP contribution in [0.3, 0.4) is 0 Å². The van der Waals surface area contributed by atoms with Crippen molar-refractivity contribution in [2.45, 2.75) is 51.1 Å². The van der Waals surface area contributed by atoms with Crippen molar-refractivity contribution in [1.29, 1.82) is 0 Å². The fourth-order valence-corrected chi connectivity index (χ4v) is 6.72. The van der Waals surface area contributed by atoms with Crippen molar-refractivity contribution in [3.05, 3.63) is 56.5 Å². The van der Waals surface area contributed by atoms with E-state index >= 15 is 0 Å². The number of carboxylic acid groups (broad SMARTS) is 1. The molecule has 1 amide bonds. The maximum atomic E-state index is 13.8. The summed E-state index contributed by atoms with van der Waals surface area (Å²) in [5, 5.41) is 12.6. The van der Waals surface area contributed by atoms with E-state index in [4.69, 9.17) is 14.6 Å². The number of hydrogen-bond acceptors (Lipinski definition) is 6. The van der Waals surface area contributed by atoms with E-state index in [9.17, 15) is 9.59 Å². The molecule has 1 saturated carbocycles. The van der Waals surface area contributed by atoms with Gasteiger partial charge >= 0.3 is 5.97 Å². The van der Waals surface area contributed by atoms with E-state index in [0.29, 0.717) is 28.9 Å². The summed E-state index contributed by atoms with van der Waals surface area (Å²) in [6, 6.07) is 13.9. The van der Waals surface area contributed by atoms with Gasteiger partial charge in [0.15, 0.2) is 23.6 Å². The molecular formula is C27H31IN2O5S. The lowest BCUT2D eigenvalue weighted by Crippen LogP contribution is -2.48. The number of halogens is 1. The Bertz CT molecular complexity index is 1130. The van der Waals surface area contributed by atoms with Crippen LogP contribution in [0, 0.1) is 9.49 Å². The number of nitrogens with one attached hydrogen (secondary N) is 1. The van der Waals surface area contributed by atoms with Crippen molar-refractivity contribution in [3.8, 4) is 11.5 Å². The van der Waals surface area contributed by atoms with Crippen LogP contribution in [0.25, 0.3) is 6.08 Å². The average molecular weight is 623 g/mol. The minimum Gasteiger partial charge on any atom is -0.490 e. The van der Waals surface area contributed by atoms with E-state index in [2.05, 4.69) is 34.8 Å². The lowest BCUT2D eigenvalue weighted by atomic mass is 9.85.